The molecule has 1 aromatic carbocycles. The summed E-state index contributed by atoms with van der Waals surface area (Å²) in [5.41, 5.74) is 6.07. The van der Waals surface area contributed by atoms with Crippen molar-refractivity contribution in [1.29, 1.82) is 10.7 Å². The van der Waals surface area contributed by atoms with Crippen LogP contribution >= 0.6 is 75.5 Å². The molecule has 8 N–H and O–H groups in total. The van der Waals surface area contributed by atoms with Gasteiger partial charge in [-0.05, 0) is 269 Å². The van der Waals surface area contributed by atoms with Gasteiger partial charge in [-0.1, -0.05) is 49.9 Å². The predicted octanol–water partition coefficient (Wildman–Crippen LogP) is 20.7. The number of rotatable bonds is 6. The van der Waals surface area contributed by atoms with Crippen molar-refractivity contribution in [3.8, 4) is 6.07 Å². The number of aromatic amines is 4. The second-order valence-corrected chi connectivity index (χ2v) is 34.0. The van der Waals surface area contributed by atoms with E-state index < -0.39 is 52.4 Å². The molecule has 672 valence electrons. The molecule has 0 aliphatic heterocycles. The number of H-pyrrole nitrogens is 4. The van der Waals surface area contributed by atoms with Gasteiger partial charge >= 0.3 is 30.5 Å². The summed E-state index contributed by atoms with van der Waals surface area (Å²) < 4.78 is 36.0. The number of aldehydes is 2. The van der Waals surface area contributed by atoms with Crippen LogP contribution in [0.2, 0.25) is 0 Å². The maximum atomic E-state index is 11.8. The van der Waals surface area contributed by atoms with E-state index in [0.717, 1.165) is 65.8 Å². The van der Waals surface area contributed by atoms with Gasteiger partial charge in [0.1, 0.15) is 117 Å². The zero-order chi connectivity index (χ0) is 94.8. The molecule has 34 nitrogen and oxygen atoms in total. The van der Waals surface area contributed by atoms with Gasteiger partial charge in [0.25, 0.3) is 0 Å². The van der Waals surface area contributed by atoms with E-state index in [9.17, 15) is 28.8 Å². The maximum absolute atomic E-state index is 11.8. The molecule has 0 aliphatic rings. The van der Waals surface area contributed by atoms with Crippen LogP contribution in [0.5, 0.6) is 0 Å². The van der Waals surface area contributed by atoms with Crippen LogP contribution in [-0.4, -0.2) is 169 Å². The lowest BCUT2D eigenvalue weighted by Crippen LogP contribution is -2.28. The van der Waals surface area contributed by atoms with Crippen molar-refractivity contribution < 1.29 is 62.4 Å². The number of nitrogens with zero attached hydrogens (tertiary/aromatic N) is 15. The fraction of sp³-hybridized carbons (Fsp3) is 0.446. The fourth-order valence-electron chi connectivity index (χ4n) is 8.02. The van der Waals surface area contributed by atoms with Crippen molar-refractivity contribution >= 4 is 135 Å². The zero-order valence-corrected chi connectivity index (χ0v) is 82.6. The minimum atomic E-state index is -0.589. The number of nitrogens with two attached hydrogens (primary N) is 1. The Labute approximate surface area is 754 Å². The van der Waals surface area contributed by atoms with Gasteiger partial charge in [0.15, 0.2) is 6.29 Å². The van der Waals surface area contributed by atoms with Crippen LogP contribution in [0.25, 0.3) is 6.08 Å². The predicted molar refractivity (Wildman–Crippen MR) is 492 cm³/mol. The molecule has 0 bridgehead atoms. The number of benzene rings is 1. The normalized spacial score (nSPS) is 10.2. The first kappa shape index (κ1) is 116. The number of thioether (sulfide) groups is 1. The maximum Gasteiger partial charge on any atom is 0.420 e. The minimum Gasteiger partial charge on any atom is -0.443 e. The van der Waals surface area contributed by atoms with Crippen molar-refractivity contribution in [3.63, 3.8) is 0 Å². The Kier molecular flexibility index (Phi) is 55.4. The van der Waals surface area contributed by atoms with Crippen LogP contribution in [0.1, 0.15) is 224 Å². The Bertz CT molecular complexity index is 4550. The third kappa shape index (κ3) is 51.9. The number of allylic oxidation sites excluding steroid dienone is 1. The van der Waals surface area contributed by atoms with E-state index in [1.807, 2.05) is 129 Å². The standard InChI is InChI=1S/C11H18N2O2.C11H16N2O2.C10H16N2O3.C10H14N2O3.C9H13BrN2O2.C9H11NS.C4H4Br2N2.C4H5BrN2.C4H7N3.C4H6N2.C3H6.C2H3N.C2H4O/c2*1-6-9-7-12-8(2)13(9)10(14)15-11(3,4)5;2*1-7-11-5-8(6-13)12(7)9(14)15-10(2,3)4;1-6-11-5-7(10)12(6)8(13)14-9(2,3)4;1-8(10)11-7-9-5-3-2-4-6-9;1-2-7-3(5)4(6)8-2;2*1-3-6-2-4(5)7-3;1-4-5-2-3-6-4;1-3-2;2*1-2-3/h7H,6H2,1-5H3;6-7H,1H2,2-5H3;5,13H,6H2,1-4H3;5-6H,1-4H3;5H,1-4H3;2-6,10H,7H2,1H3;1H3,(H,7,8);2H,1H3,(H,6,7);2H,5H2,1H3,(H,6,7);2-3H,1H3,(H,5,6);3H,1H2,2H3;1H3;2H,1H3. The number of nitrogen functional groups attached to an aromatic ring is 1. The number of carbonyl (C=O) groups is 7. The first-order valence-electron chi connectivity index (χ1n) is 37.4. The van der Waals surface area contributed by atoms with Crippen molar-refractivity contribution in [2.24, 2.45) is 0 Å². The first-order valence-corrected chi connectivity index (χ1v) is 41.5. The van der Waals surface area contributed by atoms with Crippen LogP contribution in [-0.2, 0) is 47.3 Å². The third-order valence-corrected chi connectivity index (χ3v) is 16.2. The number of aromatic nitrogens is 18. The number of hydrogen-bond acceptors (Lipinski definition) is 26. The van der Waals surface area contributed by atoms with Crippen LogP contribution in [0.15, 0.2) is 124 Å². The minimum absolute atomic E-state index is 0.196. The molecular formula is C83H123Br4N21O13S. The average Bonchev–Trinajstić information content (AvgIpc) is 1.74. The van der Waals surface area contributed by atoms with E-state index in [1.165, 1.54) is 50.1 Å². The second kappa shape index (κ2) is 58.5. The van der Waals surface area contributed by atoms with Gasteiger partial charge in [-0.3, -0.25) is 10.2 Å². The molecule has 0 amide bonds. The number of halogens is 4. The van der Waals surface area contributed by atoms with E-state index in [-0.39, 0.29) is 18.4 Å². The van der Waals surface area contributed by atoms with E-state index in [2.05, 4.69) is 154 Å². The number of ether oxygens (including phenoxy) is 5. The number of aliphatic hydroxyl groups is 1. The van der Waals surface area contributed by atoms with Crippen molar-refractivity contribution in [1.82, 2.24) is 87.6 Å². The van der Waals surface area contributed by atoms with Gasteiger partial charge in [-0.15, -0.1) is 18.3 Å². The van der Waals surface area contributed by atoms with E-state index >= 15 is 0 Å². The molecule has 0 saturated heterocycles. The summed E-state index contributed by atoms with van der Waals surface area (Å²) in [6.07, 6.45) is 17.6. The Morgan fingerprint density at radius 1 is 0.549 bits per heavy atom. The number of hydrogen-bond donors (Lipinski definition) is 7. The molecule has 0 unspecified atom stereocenters. The molecule has 122 heavy (non-hydrogen) atoms. The number of nitrogens with one attached hydrogen (secondary N) is 5. The fourth-order valence-corrected chi connectivity index (χ4v) is 10.2. The molecule has 0 fully saturated rings. The highest BCUT2D eigenvalue weighted by atomic mass is 79.9. The molecule has 10 aromatic rings. The van der Waals surface area contributed by atoms with Gasteiger partial charge in [0.2, 0.25) is 0 Å². The highest BCUT2D eigenvalue weighted by Crippen LogP contribution is 2.21. The average molecular weight is 1970 g/mol. The Hall–Kier alpha value is -10.5. The summed E-state index contributed by atoms with van der Waals surface area (Å²) in [5, 5.41) is 24.2. The highest BCUT2D eigenvalue weighted by molar-refractivity contribution is 9.13. The van der Waals surface area contributed by atoms with Crippen LogP contribution in [0.3, 0.4) is 0 Å². The van der Waals surface area contributed by atoms with Crippen molar-refractivity contribution in [2.75, 3.05) is 5.73 Å². The first-order chi connectivity index (χ1) is 56.4. The zero-order valence-electron chi connectivity index (χ0n) is 75.5. The number of aryl methyl sites for hydroxylation is 10. The van der Waals surface area contributed by atoms with Gasteiger partial charge in [-0.25, -0.2) is 91.7 Å². The molecule has 0 aliphatic carbocycles. The number of imidazole rings is 9. The molecular weight excluding hydrogens is 1850 g/mol. The lowest BCUT2D eigenvalue weighted by molar-refractivity contribution is -0.106. The summed E-state index contributed by atoms with van der Waals surface area (Å²) in [7, 11) is 0. The number of carbonyl (C=O) groups excluding carboxylic acids is 7. The molecule has 39 heteroatoms. The van der Waals surface area contributed by atoms with Gasteiger partial charge in [0.05, 0.1) is 66.3 Å². The third-order valence-electron chi connectivity index (χ3n) is 12.6. The molecule has 0 atom stereocenters. The molecule has 10 rings (SSSR count). The molecule has 0 radical (unpaired) electrons. The number of nitriles is 1. The summed E-state index contributed by atoms with van der Waals surface area (Å²) in [4.78, 5) is 125. The number of aliphatic hydroxyl groups excluding tert-OH is 1. The Morgan fingerprint density at radius 3 is 1.19 bits per heavy atom. The second-order valence-electron chi connectivity index (χ2n) is 29.6. The number of anilines is 1. The van der Waals surface area contributed by atoms with Crippen molar-refractivity contribution in [2.45, 2.75) is 248 Å². The Balaban J connectivity index is -0.00000129. The molecule has 9 heterocycles. The topological polar surface area (TPSA) is 463 Å². The van der Waals surface area contributed by atoms with Gasteiger partial charge in [-0.2, -0.15) is 5.26 Å². The molecule has 0 saturated carbocycles. The van der Waals surface area contributed by atoms with Gasteiger partial charge < -0.3 is 59.3 Å². The summed E-state index contributed by atoms with van der Waals surface area (Å²) in [5.74, 6) is 8.02. The quantitative estimate of drug-likeness (QED) is 0.0267. The Morgan fingerprint density at radius 2 is 0.918 bits per heavy atom. The summed E-state index contributed by atoms with van der Waals surface area (Å²) in [6.45, 7) is 58.6. The monoisotopic (exact) mass is 1970 g/mol. The summed E-state index contributed by atoms with van der Waals surface area (Å²) in [6, 6.07) is 12.0. The van der Waals surface area contributed by atoms with E-state index in [0.29, 0.717) is 62.3 Å². The highest BCUT2D eigenvalue weighted by Gasteiger charge is 2.26. The smallest absolute Gasteiger partial charge is 0.420 e. The largest absolute Gasteiger partial charge is 0.443 e. The van der Waals surface area contributed by atoms with E-state index in [4.69, 9.17) is 50.0 Å². The van der Waals surface area contributed by atoms with E-state index in [1.54, 1.807) is 150 Å². The molecule has 9 aromatic heterocycles. The van der Waals surface area contributed by atoms with Gasteiger partial charge in [0, 0.05) is 37.0 Å². The lowest BCUT2D eigenvalue weighted by atomic mass is 10.2. The lowest BCUT2D eigenvalue weighted by Gasteiger charge is -2.20. The van der Waals surface area contributed by atoms with Crippen LogP contribution in [0.4, 0.5) is 29.8 Å². The molecule has 0 spiro atoms. The SMILES string of the molecule is C=CC.C=Cc1cnc(C)n1C(=O)OC(C)(C)C.CC#N.CC(=N)SCc1ccccc1.CC=O.CCc1cnc(C)n1C(=O)OC(C)(C)C.Cc1nc(Br)c(Br)[nH]1.Cc1ncc(Br)[nH]1.Cc1ncc(Br)n1C(=O)OC(C)(C)C.Cc1ncc(C=O)n1C(=O)OC(C)(C)C.Cc1ncc(CO)n1C(=O)OC(C)(C)C.Cc1ncc(N)[nH]1.Cc1ncc[nH]1. The van der Waals surface area contributed by atoms with Crippen LogP contribution in [0, 0.1) is 79.1 Å². The summed E-state index contributed by atoms with van der Waals surface area (Å²) >= 11 is 14.5. The van der Waals surface area contributed by atoms with Crippen LogP contribution < -0.4 is 5.73 Å². The van der Waals surface area contributed by atoms with Crippen molar-refractivity contribution in [3.05, 3.63) is 205 Å².